The van der Waals surface area contributed by atoms with Crippen molar-refractivity contribution in [3.63, 3.8) is 0 Å². The number of hydrogen-bond acceptors (Lipinski definition) is 2. The van der Waals surface area contributed by atoms with Crippen LogP contribution >= 0.6 is 15.9 Å². The summed E-state index contributed by atoms with van der Waals surface area (Å²) in [6.07, 6.45) is 2.36. The van der Waals surface area contributed by atoms with E-state index in [1.54, 1.807) is 7.11 Å². The quantitative estimate of drug-likeness (QED) is 0.867. The van der Waals surface area contributed by atoms with Gasteiger partial charge in [-0.15, -0.1) is 0 Å². The maximum absolute atomic E-state index is 5.25. The van der Waals surface area contributed by atoms with Gasteiger partial charge in [-0.25, -0.2) is 0 Å². The van der Waals surface area contributed by atoms with Crippen LogP contribution in [0.2, 0.25) is 0 Å². The first kappa shape index (κ1) is 13.5. The summed E-state index contributed by atoms with van der Waals surface area (Å²) in [6, 6.07) is 17.2. The van der Waals surface area contributed by atoms with E-state index in [0.29, 0.717) is 12.0 Å². The van der Waals surface area contributed by atoms with Crippen molar-refractivity contribution >= 4 is 21.6 Å². The highest BCUT2D eigenvalue weighted by atomic mass is 79.9. The van der Waals surface area contributed by atoms with Crippen LogP contribution in [0.5, 0.6) is 5.75 Å². The van der Waals surface area contributed by atoms with Crippen LogP contribution in [-0.4, -0.2) is 13.2 Å². The maximum atomic E-state index is 5.25. The molecule has 1 saturated carbocycles. The highest BCUT2D eigenvalue weighted by Crippen LogP contribution is 2.41. The highest BCUT2D eigenvalue weighted by molar-refractivity contribution is 9.10. The van der Waals surface area contributed by atoms with Gasteiger partial charge in [-0.2, -0.15) is 0 Å². The predicted molar refractivity (Wildman–Crippen MR) is 86.5 cm³/mol. The minimum atomic E-state index is 0.555. The highest BCUT2D eigenvalue weighted by Gasteiger charge is 2.31. The van der Waals surface area contributed by atoms with Gasteiger partial charge in [0.15, 0.2) is 0 Å². The summed E-state index contributed by atoms with van der Waals surface area (Å²) in [5.41, 5.74) is 2.57. The van der Waals surface area contributed by atoms with Crippen molar-refractivity contribution < 1.29 is 4.74 Å². The summed E-state index contributed by atoms with van der Waals surface area (Å²) >= 11 is 3.64. The molecule has 0 atom stereocenters. The van der Waals surface area contributed by atoms with Crippen molar-refractivity contribution in [2.75, 3.05) is 12.4 Å². The van der Waals surface area contributed by atoms with Gasteiger partial charge >= 0.3 is 0 Å². The number of benzene rings is 2. The minimum absolute atomic E-state index is 0.555. The molecular weight excluding hydrogens is 314 g/mol. The van der Waals surface area contributed by atoms with E-state index < -0.39 is 0 Å². The van der Waals surface area contributed by atoms with Gasteiger partial charge in [0, 0.05) is 22.3 Å². The average Bonchev–Trinajstić information content (AvgIpc) is 2.44. The number of ether oxygens (including phenoxy) is 1. The molecule has 2 aromatic rings. The molecule has 0 radical (unpaired) electrons. The number of rotatable bonds is 4. The summed E-state index contributed by atoms with van der Waals surface area (Å²) in [5, 5.41) is 3.58. The van der Waals surface area contributed by atoms with Gasteiger partial charge in [0.05, 0.1) is 7.11 Å². The van der Waals surface area contributed by atoms with Crippen LogP contribution in [0.15, 0.2) is 53.0 Å². The van der Waals surface area contributed by atoms with Crippen LogP contribution < -0.4 is 10.1 Å². The monoisotopic (exact) mass is 331 g/mol. The standard InChI is InChI=1S/C17H18BrNO/c1-20-15-6-4-5-13(11-15)19-14-9-12(10-14)16-7-2-3-8-17(16)18/h2-8,11-12,14,19H,9-10H2,1H3. The molecule has 0 aromatic heterocycles. The van der Waals surface area contributed by atoms with Crippen molar-refractivity contribution in [2.24, 2.45) is 0 Å². The lowest BCUT2D eigenvalue weighted by Crippen LogP contribution is -2.34. The van der Waals surface area contributed by atoms with Crippen molar-refractivity contribution in [3.8, 4) is 5.75 Å². The van der Waals surface area contributed by atoms with Crippen LogP contribution in [0.1, 0.15) is 24.3 Å². The van der Waals surface area contributed by atoms with Gasteiger partial charge in [0.2, 0.25) is 0 Å². The second-order valence-electron chi connectivity index (χ2n) is 5.26. The van der Waals surface area contributed by atoms with Crippen molar-refractivity contribution in [2.45, 2.75) is 24.8 Å². The largest absolute Gasteiger partial charge is 0.497 e. The Hall–Kier alpha value is -1.48. The summed E-state index contributed by atoms with van der Waals surface area (Å²) in [6.45, 7) is 0. The Morgan fingerprint density at radius 1 is 1.10 bits per heavy atom. The van der Waals surface area contributed by atoms with Gasteiger partial charge in [-0.05, 0) is 42.5 Å². The molecule has 2 aromatic carbocycles. The molecule has 0 saturated heterocycles. The van der Waals surface area contributed by atoms with Crippen LogP contribution in [0.3, 0.4) is 0 Å². The second kappa shape index (κ2) is 5.88. The summed E-state index contributed by atoms with van der Waals surface area (Å²) in [7, 11) is 1.70. The first-order valence-electron chi connectivity index (χ1n) is 6.91. The van der Waals surface area contributed by atoms with Gasteiger partial charge in [-0.1, -0.05) is 40.2 Å². The van der Waals surface area contributed by atoms with E-state index in [4.69, 9.17) is 4.74 Å². The lowest BCUT2D eigenvalue weighted by molar-refractivity contribution is 0.372. The zero-order valence-electron chi connectivity index (χ0n) is 11.5. The third-order valence-corrected chi connectivity index (χ3v) is 4.65. The molecule has 2 nitrogen and oxygen atoms in total. The second-order valence-corrected chi connectivity index (χ2v) is 6.12. The van der Waals surface area contributed by atoms with Gasteiger partial charge < -0.3 is 10.1 Å². The van der Waals surface area contributed by atoms with E-state index in [1.807, 2.05) is 18.2 Å². The summed E-state index contributed by atoms with van der Waals surface area (Å²) < 4.78 is 6.47. The van der Waals surface area contributed by atoms with E-state index in [1.165, 1.54) is 22.9 Å². The number of anilines is 1. The van der Waals surface area contributed by atoms with Crippen LogP contribution in [0.25, 0.3) is 0 Å². The smallest absolute Gasteiger partial charge is 0.120 e. The Morgan fingerprint density at radius 3 is 2.65 bits per heavy atom. The lowest BCUT2D eigenvalue weighted by atomic mass is 9.76. The molecule has 1 N–H and O–H groups in total. The first-order valence-corrected chi connectivity index (χ1v) is 7.70. The SMILES string of the molecule is COc1cccc(NC2CC(c3ccccc3Br)C2)c1. The fourth-order valence-electron chi connectivity index (χ4n) is 2.74. The van der Waals surface area contributed by atoms with Crippen molar-refractivity contribution in [1.82, 2.24) is 0 Å². The zero-order valence-corrected chi connectivity index (χ0v) is 13.1. The van der Waals surface area contributed by atoms with Crippen LogP contribution in [0.4, 0.5) is 5.69 Å². The maximum Gasteiger partial charge on any atom is 0.120 e. The number of methoxy groups -OCH3 is 1. The third kappa shape index (κ3) is 2.83. The Bertz CT molecular complexity index is 593. The van der Waals surface area contributed by atoms with E-state index in [-0.39, 0.29) is 0 Å². The molecule has 0 aliphatic heterocycles. The summed E-state index contributed by atoms with van der Waals surface area (Å²) in [5.74, 6) is 1.56. The molecule has 0 heterocycles. The molecule has 1 aliphatic rings. The van der Waals surface area contributed by atoms with Gasteiger partial charge in [0.1, 0.15) is 5.75 Å². The topological polar surface area (TPSA) is 21.3 Å². The molecule has 3 heteroatoms. The normalized spacial score (nSPS) is 21.1. The van der Waals surface area contributed by atoms with E-state index in [0.717, 1.165) is 11.4 Å². The number of nitrogens with one attached hydrogen (secondary N) is 1. The Morgan fingerprint density at radius 2 is 1.90 bits per heavy atom. The fraction of sp³-hybridized carbons (Fsp3) is 0.294. The van der Waals surface area contributed by atoms with E-state index in [9.17, 15) is 0 Å². The van der Waals surface area contributed by atoms with E-state index >= 15 is 0 Å². The first-order chi connectivity index (χ1) is 9.76. The molecule has 0 unspecified atom stereocenters. The molecule has 1 aliphatic carbocycles. The molecule has 3 rings (SSSR count). The molecule has 0 spiro atoms. The Labute approximate surface area is 128 Å². The summed E-state index contributed by atoms with van der Waals surface area (Å²) in [4.78, 5) is 0. The van der Waals surface area contributed by atoms with Gasteiger partial charge in [-0.3, -0.25) is 0 Å². The number of hydrogen-bond donors (Lipinski definition) is 1. The zero-order chi connectivity index (χ0) is 13.9. The molecular formula is C17H18BrNO. The molecule has 0 bridgehead atoms. The molecule has 1 fully saturated rings. The third-order valence-electron chi connectivity index (χ3n) is 3.92. The van der Waals surface area contributed by atoms with Crippen molar-refractivity contribution in [1.29, 1.82) is 0 Å². The average molecular weight is 332 g/mol. The van der Waals surface area contributed by atoms with Crippen molar-refractivity contribution in [3.05, 3.63) is 58.6 Å². The molecule has 20 heavy (non-hydrogen) atoms. The minimum Gasteiger partial charge on any atom is -0.497 e. The number of halogens is 1. The van der Waals surface area contributed by atoms with Crippen LogP contribution in [0, 0.1) is 0 Å². The predicted octanol–water partition coefficient (Wildman–Crippen LogP) is 4.82. The molecule has 104 valence electrons. The van der Waals surface area contributed by atoms with Gasteiger partial charge in [0.25, 0.3) is 0 Å². The van der Waals surface area contributed by atoms with E-state index in [2.05, 4.69) is 51.6 Å². The molecule has 0 amide bonds. The Kier molecular flexibility index (Phi) is 3.97. The fourth-order valence-corrected chi connectivity index (χ4v) is 3.35. The Balaban J connectivity index is 1.59. The lowest BCUT2D eigenvalue weighted by Gasteiger charge is -2.37. The van der Waals surface area contributed by atoms with Crippen LogP contribution in [-0.2, 0) is 0 Å².